The molecule has 0 unspecified atom stereocenters. The van der Waals surface area contributed by atoms with E-state index < -0.39 is 0 Å². The third-order valence-corrected chi connectivity index (χ3v) is 4.06. The third kappa shape index (κ3) is 1.99. The molecule has 92 valence electrons. The average molecular weight is 235 g/mol. The fourth-order valence-electron chi connectivity index (χ4n) is 2.98. The van der Waals surface area contributed by atoms with E-state index in [2.05, 4.69) is 5.32 Å². The molecular formula is C14H18FNO. The quantitative estimate of drug-likeness (QED) is 0.742. The number of rotatable bonds is 0. The molecule has 1 aliphatic heterocycles. The average Bonchev–Trinajstić information content (AvgIpc) is 2.53. The van der Waals surface area contributed by atoms with Crippen LogP contribution in [0.4, 0.5) is 10.1 Å². The van der Waals surface area contributed by atoms with Crippen LogP contribution < -0.4 is 10.1 Å². The molecule has 0 atom stereocenters. The minimum atomic E-state index is -0.213. The van der Waals surface area contributed by atoms with Gasteiger partial charge in [0.1, 0.15) is 17.3 Å². The maximum atomic E-state index is 13.7. The van der Waals surface area contributed by atoms with Crippen LogP contribution >= 0.6 is 0 Å². The molecule has 0 radical (unpaired) electrons. The molecule has 17 heavy (non-hydrogen) atoms. The highest BCUT2D eigenvalue weighted by Gasteiger charge is 2.35. The number of halogens is 1. The van der Waals surface area contributed by atoms with Gasteiger partial charge >= 0.3 is 0 Å². The van der Waals surface area contributed by atoms with Gasteiger partial charge < -0.3 is 10.1 Å². The van der Waals surface area contributed by atoms with E-state index in [9.17, 15) is 4.39 Å². The number of ether oxygens (including phenoxy) is 1. The van der Waals surface area contributed by atoms with Crippen molar-refractivity contribution in [3.8, 4) is 5.75 Å². The summed E-state index contributed by atoms with van der Waals surface area (Å²) in [7, 11) is 0. The molecule has 3 heteroatoms. The van der Waals surface area contributed by atoms with Crippen molar-refractivity contribution in [2.75, 3.05) is 18.5 Å². The van der Waals surface area contributed by atoms with E-state index in [0.717, 1.165) is 13.2 Å². The molecule has 0 amide bonds. The van der Waals surface area contributed by atoms with E-state index in [1.54, 1.807) is 6.07 Å². The molecule has 1 saturated carbocycles. The van der Waals surface area contributed by atoms with Crippen molar-refractivity contribution >= 4 is 5.69 Å². The SMILES string of the molecule is Fc1cccc2c1NCC1(CCCCC1)CO2. The summed E-state index contributed by atoms with van der Waals surface area (Å²) in [6, 6.07) is 5.02. The van der Waals surface area contributed by atoms with Crippen LogP contribution in [0.2, 0.25) is 0 Å². The molecule has 3 rings (SSSR count). The van der Waals surface area contributed by atoms with Crippen molar-refractivity contribution in [1.82, 2.24) is 0 Å². The highest BCUT2D eigenvalue weighted by Crippen LogP contribution is 2.41. The number of fused-ring (bicyclic) bond motifs is 1. The maximum absolute atomic E-state index is 13.7. The lowest BCUT2D eigenvalue weighted by Crippen LogP contribution is -2.36. The Balaban J connectivity index is 1.85. The van der Waals surface area contributed by atoms with Crippen LogP contribution in [0.25, 0.3) is 0 Å². The Morgan fingerprint density at radius 2 is 2.00 bits per heavy atom. The summed E-state index contributed by atoms with van der Waals surface area (Å²) >= 11 is 0. The number of hydrogen-bond donors (Lipinski definition) is 1. The Morgan fingerprint density at radius 1 is 1.18 bits per heavy atom. The lowest BCUT2D eigenvalue weighted by atomic mass is 9.74. The molecule has 1 aliphatic carbocycles. The lowest BCUT2D eigenvalue weighted by Gasteiger charge is -2.35. The first-order valence-electron chi connectivity index (χ1n) is 6.44. The zero-order chi connectivity index (χ0) is 11.7. The van der Waals surface area contributed by atoms with E-state index >= 15 is 0 Å². The molecule has 2 aliphatic rings. The Labute approximate surface area is 101 Å². The van der Waals surface area contributed by atoms with Gasteiger partial charge in [0.2, 0.25) is 0 Å². The number of benzene rings is 1. The minimum absolute atomic E-state index is 0.212. The second-order valence-corrected chi connectivity index (χ2v) is 5.32. The molecule has 1 heterocycles. The Hall–Kier alpha value is -1.25. The lowest BCUT2D eigenvalue weighted by molar-refractivity contribution is 0.115. The summed E-state index contributed by atoms with van der Waals surface area (Å²) < 4.78 is 19.5. The van der Waals surface area contributed by atoms with Crippen LogP contribution in [-0.2, 0) is 0 Å². The molecule has 1 aromatic carbocycles. The fourth-order valence-corrected chi connectivity index (χ4v) is 2.98. The van der Waals surface area contributed by atoms with Gasteiger partial charge in [-0.15, -0.1) is 0 Å². The minimum Gasteiger partial charge on any atom is -0.491 e. The van der Waals surface area contributed by atoms with Crippen molar-refractivity contribution < 1.29 is 9.13 Å². The molecule has 0 aromatic heterocycles. The molecule has 1 N–H and O–H groups in total. The molecule has 1 spiro atoms. The van der Waals surface area contributed by atoms with Gasteiger partial charge in [0.15, 0.2) is 0 Å². The first kappa shape index (κ1) is 10.9. The molecule has 0 bridgehead atoms. The highest BCUT2D eigenvalue weighted by molar-refractivity contribution is 5.58. The molecule has 1 aromatic rings. The van der Waals surface area contributed by atoms with Crippen LogP contribution in [0.1, 0.15) is 32.1 Å². The molecule has 1 fully saturated rings. The monoisotopic (exact) mass is 235 g/mol. The van der Waals surface area contributed by atoms with Crippen molar-refractivity contribution in [2.24, 2.45) is 5.41 Å². The van der Waals surface area contributed by atoms with Gasteiger partial charge in [0.05, 0.1) is 6.61 Å². The van der Waals surface area contributed by atoms with Crippen LogP contribution in [-0.4, -0.2) is 13.2 Å². The van der Waals surface area contributed by atoms with E-state index in [0.29, 0.717) is 11.4 Å². The van der Waals surface area contributed by atoms with Gasteiger partial charge in [-0.3, -0.25) is 0 Å². The topological polar surface area (TPSA) is 21.3 Å². The summed E-state index contributed by atoms with van der Waals surface area (Å²) in [5, 5.41) is 3.25. The fraction of sp³-hybridized carbons (Fsp3) is 0.571. The normalized spacial score (nSPS) is 22.2. The Bertz CT molecular complexity index is 413. The summed E-state index contributed by atoms with van der Waals surface area (Å²) in [6.45, 7) is 1.55. The molecule has 2 nitrogen and oxygen atoms in total. The first-order valence-corrected chi connectivity index (χ1v) is 6.44. The predicted octanol–water partition coefficient (Wildman–Crippen LogP) is 3.58. The van der Waals surface area contributed by atoms with Crippen LogP contribution in [0, 0.1) is 11.2 Å². The van der Waals surface area contributed by atoms with E-state index in [-0.39, 0.29) is 11.2 Å². The number of para-hydroxylation sites is 1. The van der Waals surface area contributed by atoms with E-state index in [1.807, 2.05) is 6.07 Å². The predicted molar refractivity (Wildman–Crippen MR) is 65.9 cm³/mol. The summed E-state index contributed by atoms with van der Waals surface area (Å²) in [5.41, 5.74) is 0.749. The van der Waals surface area contributed by atoms with Gasteiger partial charge in [-0.05, 0) is 25.0 Å². The summed E-state index contributed by atoms with van der Waals surface area (Å²) in [5.74, 6) is 0.447. The Kier molecular flexibility index (Phi) is 2.69. The van der Waals surface area contributed by atoms with E-state index in [4.69, 9.17) is 4.74 Å². The van der Waals surface area contributed by atoms with Crippen molar-refractivity contribution in [3.05, 3.63) is 24.0 Å². The van der Waals surface area contributed by atoms with Crippen molar-refractivity contribution in [2.45, 2.75) is 32.1 Å². The standard InChI is InChI=1S/C14H18FNO/c15-11-5-4-6-12-13(11)16-9-14(10-17-12)7-2-1-3-8-14/h4-6,16H,1-3,7-10H2. The van der Waals surface area contributed by atoms with Gasteiger partial charge in [0.25, 0.3) is 0 Å². The van der Waals surface area contributed by atoms with Gasteiger partial charge in [-0.2, -0.15) is 0 Å². The smallest absolute Gasteiger partial charge is 0.150 e. The van der Waals surface area contributed by atoms with E-state index in [1.165, 1.54) is 38.2 Å². The summed E-state index contributed by atoms with van der Waals surface area (Å²) in [6.07, 6.45) is 6.24. The van der Waals surface area contributed by atoms with Crippen LogP contribution in [0.5, 0.6) is 5.75 Å². The van der Waals surface area contributed by atoms with Crippen LogP contribution in [0.3, 0.4) is 0 Å². The van der Waals surface area contributed by atoms with Crippen LogP contribution in [0.15, 0.2) is 18.2 Å². The molecular weight excluding hydrogens is 217 g/mol. The number of hydrogen-bond acceptors (Lipinski definition) is 2. The Morgan fingerprint density at radius 3 is 2.82 bits per heavy atom. The largest absolute Gasteiger partial charge is 0.491 e. The maximum Gasteiger partial charge on any atom is 0.150 e. The first-order chi connectivity index (χ1) is 8.29. The van der Waals surface area contributed by atoms with Gasteiger partial charge in [-0.1, -0.05) is 25.3 Å². The zero-order valence-electron chi connectivity index (χ0n) is 9.97. The summed E-state index contributed by atoms with van der Waals surface area (Å²) in [4.78, 5) is 0. The second-order valence-electron chi connectivity index (χ2n) is 5.32. The van der Waals surface area contributed by atoms with Gasteiger partial charge in [0, 0.05) is 12.0 Å². The number of nitrogens with one attached hydrogen (secondary N) is 1. The molecule has 0 saturated heterocycles. The van der Waals surface area contributed by atoms with Crippen molar-refractivity contribution in [3.63, 3.8) is 0 Å². The van der Waals surface area contributed by atoms with Crippen molar-refractivity contribution in [1.29, 1.82) is 0 Å². The number of anilines is 1. The third-order valence-electron chi connectivity index (χ3n) is 4.06. The highest BCUT2D eigenvalue weighted by atomic mass is 19.1. The van der Waals surface area contributed by atoms with Gasteiger partial charge in [-0.25, -0.2) is 4.39 Å². The second kappa shape index (κ2) is 4.21. The zero-order valence-corrected chi connectivity index (χ0v) is 9.97.